The lowest BCUT2D eigenvalue weighted by atomic mass is 10.1. The van der Waals surface area contributed by atoms with E-state index >= 15 is 0 Å². The number of nitrogens with one attached hydrogen (secondary N) is 1. The summed E-state index contributed by atoms with van der Waals surface area (Å²) in [4.78, 5) is 24.4. The molecule has 0 aliphatic carbocycles. The number of carbonyl (C=O) groups is 2. The summed E-state index contributed by atoms with van der Waals surface area (Å²) in [6.45, 7) is 1.93. The average molecular weight is 280 g/mol. The van der Waals surface area contributed by atoms with Crippen molar-refractivity contribution in [1.82, 2.24) is 10.2 Å². The van der Waals surface area contributed by atoms with Crippen molar-refractivity contribution in [1.29, 1.82) is 0 Å². The molecule has 0 aromatic heterocycles. The molecule has 0 aliphatic heterocycles. The van der Waals surface area contributed by atoms with Crippen molar-refractivity contribution in [2.45, 2.75) is 6.92 Å². The normalized spacial score (nSPS) is 9.63. The average Bonchev–Trinajstić information content (AvgIpc) is 2.38. The number of likely N-dealkylation sites (N-methyl/N-ethyl adjacent to an activating group) is 1. The van der Waals surface area contributed by atoms with Gasteiger partial charge in [-0.05, 0) is 31.3 Å². The molecule has 19 heavy (non-hydrogen) atoms. The monoisotopic (exact) mass is 280 g/mol. The van der Waals surface area contributed by atoms with E-state index in [1.165, 1.54) is 12.0 Å². The number of ether oxygens (including phenoxy) is 1. The zero-order valence-electron chi connectivity index (χ0n) is 11.1. The first-order valence-electron chi connectivity index (χ1n) is 5.64. The lowest BCUT2D eigenvalue weighted by molar-refractivity contribution is -0.140. The summed E-state index contributed by atoms with van der Waals surface area (Å²) in [5.74, 6) is -0.726. The summed E-state index contributed by atoms with van der Waals surface area (Å²) in [6.07, 6.45) is 0. The fourth-order valence-corrected chi connectivity index (χ4v) is 1.46. The molecule has 0 fully saturated rings. The Labute approximate surface area is 117 Å². The topological polar surface area (TPSA) is 58.6 Å². The van der Waals surface area contributed by atoms with Crippen LogP contribution in [0.25, 0.3) is 0 Å². The zero-order valence-corrected chi connectivity index (χ0v) is 11.9. The van der Waals surface area contributed by atoms with Crippen LogP contribution in [-0.4, -0.2) is 42.6 Å². The highest BCUT2D eigenvalue weighted by Gasteiger charge is 2.13. The van der Waals surface area contributed by atoms with E-state index in [0.29, 0.717) is 5.56 Å². The van der Waals surface area contributed by atoms with Crippen molar-refractivity contribution in [2.24, 2.45) is 0 Å². The highest BCUT2D eigenvalue weighted by atomic mass is 32.1. The first kappa shape index (κ1) is 15.1. The Morgan fingerprint density at radius 3 is 2.42 bits per heavy atom. The van der Waals surface area contributed by atoms with E-state index < -0.39 is 5.97 Å². The van der Waals surface area contributed by atoms with Crippen LogP contribution in [0.3, 0.4) is 0 Å². The standard InChI is InChI=1S/C13H16N2O3S/c1-9-4-6-10(7-5-9)12(17)14-13(19)15(2)8-11(16)18-3/h4-7H,8H2,1-3H3,(H,14,17,19). The molecule has 1 aromatic carbocycles. The van der Waals surface area contributed by atoms with Gasteiger partial charge >= 0.3 is 5.97 Å². The molecule has 1 N–H and O–H groups in total. The maximum atomic E-state index is 11.9. The van der Waals surface area contributed by atoms with Gasteiger partial charge in [0.1, 0.15) is 6.54 Å². The van der Waals surface area contributed by atoms with Crippen LogP contribution in [-0.2, 0) is 9.53 Å². The van der Waals surface area contributed by atoms with Gasteiger partial charge in [-0.2, -0.15) is 0 Å². The van der Waals surface area contributed by atoms with Gasteiger partial charge in [-0.1, -0.05) is 17.7 Å². The van der Waals surface area contributed by atoms with Crippen LogP contribution in [0.4, 0.5) is 0 Å². The van der Waals surface area contributed by atoms with Gasteiger partial charge in [0.15, 0.2) is 5.11 Å². The summed E-state index contributed by atoms with van der Waals surface area (Å²) in [5.41, 5.74) is 1.58. The van der Waals surface area contributed by atoms with Gasteiger partial charge in [0.05, 0.1) is 7.11 Å². The molecule has 0 unspecified atom stereocenters. The predicted octanol–water partition coefficient (Wildman–Crippen LogP) is 1.11. The second kappa shape index (κ2) is 6.84. The number of rotatable bonds is 3. The molecule has 0 saturated carbocycles. The molecule has 0 bridgehead atoms. The van der Waals surface area contributed by atoms with Gasteiger partial charge in [-0.3, -0.25) is 14.9 Å². The minimum Gasteiger partial charge on any atom is -0.468 e. The number of benzene rings is 1. The van der Waals surface area contributed by atoms with Crippen molar-refractivity contribution in [3.05, 3.63) is 35.4 Å². The summed E-state index contributed by atoms with van der Waals surface area (Å²) in [5, 5.41) is 2.73. The summed E-state index contributed by atoms with van der Waals surface area (Å²) < 4.78 is 4.52. The molecule has 0 atom stereocenters. The number of aryl methyl sites for hydroxylation is 1. The Morgan fingerprint density at radius 1 is 1.32 bits per heavy atom. The van der Waals surface area contributed by atoms with Gasteiger partial charge < -0.3 is 9.64 Å². The molecular weight excluding hydrogens is 264 g/mol. The fraction of sp³-hybridized carbons (Fsp3) is 0.308. The number of hydrogen-bond donors (Lipinski definition) is 1. The number of nitrogens with zero attached hydrogens (tertiary/aromatic N) is 1. The van der Waals surface area contributed by atoms with Crippen LogP contribution in [0.1, 0.15) is 15.9 Å². The Hall–Kier alpha value is -1.95. The number of amides is 1. The summed E-state index contributed by atoms with van der Waals surface area (Å²) in [7, 11) is 2.90. The van der Waals surface area contributed by atoms with E-state index in [4.69, 9.17) is 12.2 Å². The summed E-state index contributed by atoms with van der Waals surface area (Å²) in [6, 6.07) is 7.12. The van der Waals surface area contributed by atoms with Crippen LogP contribution < -0.4 is 5.32 Å². The van der Waals surface area contributed by atoms with Crippen LogP contribution in [0.2, 0.25) is 0 Å². The fourth-order valence-electron chi connectivity index (χ4n) is 1.30. The van der Waals surface area contributed by atoms with Crippen molar-refractivity contribution < 1.29 is 14.3 Å². The Kier molecular flexibility index (Phi) is 5.44. The van der Waals surface area contributed by atoms with E-state index in [0.717, 1.165) is 5.56 Å². The molecule has 0 aliphatic rings. The van der Waals surface area contributed by atoms with E-state index in [1.807, 2.05) is 19.1 Å². The molecule has 1 aromatic rings. The van der Waals surface area contributed by atoms with Gasteiger partial charge in [0, 0.05) is 12.6 Å². The Morgan fingerprint density at radius 2 is 1.89 bits per heavy atom. The molecule has 1 rings (SSSR count). The van der Waals surface area contributed by atoms with Gasteiger partial charge in [-0.15, -0.1) is 0 Å². The van der Waals surface area contributed by atoms with Crippen molar-refractivity contribution in [3.63, 3.8) is 0 Å². The molecular formula is C13H16N2O3S. The highest BCUT2D eigenvalue weighted by molar-refractivity contribution is 7.80. The lowest BCUT2D eigenvalue weighted by Gasteiger charge is -2.18. The van der Waals surface area contributed by atoms with Crippen molar-refractivity contribution >= 4 is 29.2 Å². The van der Waals surface area contributed by atoms with E-state index in [2.05, 4.69) is 10.1 Å². The Balaban J connectivity index is 2.59. The number of thiocarbonyl (C=S) groups is 1. The molecule has 5 nitrogen and oxygen atoms in total. The molecule has 1 amide bonds. The highest BCUT2D eigenvalue weighted by Crippen LogP contribution is 2.03. The number of esters is 1. The first-order valence-corrected chi connectivity index (χ1v) is 6.04. The SMILES string of the molecule is COC(=O)CN(C)C(=S)NC(=O)c1ccc(C)cc1. The third-order valence-corrected chi connectivity index (χ3v) is 2.89. The zero-order chi connectivity index (χ0) is 14.4. The third kappa shape index (κ3) is 4.67. The minimum absolute atomic E-state index is 0.0104. The molecule has 0 saturated heterocycles. The number of hydrogen-bond acceptors (Lipinski definition) is 4. The number of carbonyl (C=O) groups excluding carboxylic acids is 2. The number of methoxy groups -OCH3 is 1. The molecule has 0 heterocycles. The Bertz CT molecular complexity index is 485. The van der Waals surface area contributed by atoms with Crippen LogP contribution in [0.5, 0.6) is 0 Å². The smallest absolute Gasteiger partial charge is 0.325 e. The second-order valence-corrected chi connectivity index (χ2v) is 4.44. The maximum Gasteiger partial charge on any atom is 0.325 e. The van der Waals surface area contributed by atoms with Crippen molar-refractivity contribution in [2.75, 3.05) is 20.7 Å². The third-order valence-electron chi connectivity index (χ3n) is 2.47. The largest absolute Gasteiger partial charge is 0.468 e. The maximum absolute atomic E-state index is 11.9. The summed E-state index contributed by atoms with van der Waals surface area (Å²) >= 11 is 5.03. The van der Waals surface area contributed by atoms with E-state index in [-0.39, 0.29) is 17.6 Å². The molecule has 0 radical (unpaired) electrons. The molecule has 102 valence electrons. The predicted molar refractivity (Wildman–Crippen MR) is 75.9 cm³/mol. The van der Waals surface area contributed by atoms with Gasteiger partial charge in [0.2, 0.25) is 0 Å². The molecule has 6 heteroatoms. The lowest BCUT2D eigenvalue weighted by Crippen LogP contribution is -2.42. The minimum atomic E-state index is -0.422. The van der Waals surface area contributed by atoms with Crippen LogP contribution >= 0.6 is 12.2 Å². The first-order chi connectivity index (χ1) is 8.93. The second-order valence-electron chi connectivity index (χ2n) is 4.06. The van der Waals surface area contributed by atoms with E-state index in [9.17, 15) is 9.59 Å². The molecule has 0 spiro atoms. The van der Waals surface area contributed by atoms with Crippen LogP contribution in [0, 0.1) is 6.92 Å². The van der Waals surface area contributed by atoms with Crippen molar-refractivity contribution in [3.8, 4) is 0 Å². The van der Waals surface area contributed by atoms with E-state index in [1.54, 1.807) is 19.2 Å². The van der Waals surface area contributed by atoms with Gasteiger partial charge in [-0.25, -0.2) is 0 Å². The quantitative estimate of drug-likeness (QED) is 0.664. The van der Waals surface area contributed by atoms with Crippen LogP contribution in [0.15, 0.2) is 24.3 Å². The van der Waals surface area contributed by atoms with Gasteiger partial charge in [0.25, 0.3) is 5.91 Å².